The highest BCUT2D eigenvalue weighted by Crippen LogP contribution is 2.40. The molecule has 0 aliphatic heterocycles. The quantitative estimate of drug-likeness (QED) is 0.242. The second kappa shape index (κ2) is 11.0. The van der Waals surface area contributed by atoms with Crippen LogP contribution in [-0.4, -0.2) is 30.3 Å². The lowest BCUT2D eigenvalue weighted by molar-refractivity contribution is -0.136. The summed E-state index contributed by atoms with van der Waals surface area (Å²) in [6.07, 6.45) is -0.0480. The van der Waals surface area contributed by atoms with E-state index in [9.17, 15) is 4.79 Å². The molecule has 0 aliphatic rings. The molecule has 0 aliphatic carbocycles. The minimum Gasteiger partial charge on any atom is -0.497 e. The van der Waals surface area contributed by atoms with Crippen molar-refractivity contribution in [3.05, 3.63) is 82.3 Å². The fourth-order valence-electron chi connectivity index (χ4n) is 3.39. The van der Waals surface area contributed by atoms with Crippen molar-refractivity contribution in [3.63, 3.8) is 0 Å². The molecular formula is C26H22ClNO4S2. The SMILES string of the molecule is COc1ccc(-c2nc(CSc3ccc(CC(=O)O)cc3Cl)sc2-c2ccc(OC)cc2)cc1. The van der Waals surface area contributed by atoms with Gasteiger partial charge >= 0.3 is 5.97 Å². The first-order valence-corrected chi connectivity index (χ1v) is 12.6. The van der Waals surface area contributed by atoms with Crippen molar-refractivity contribution >= 4 is 40.7 Å². The summed E-state index contributed by atoms with van der Waals surface area (Å²) in [6, 6.07) is 21.2. The number of hydrogen-bond acceptors (Lipinski definition) is 6. The van der Waals surface area contributed by atoms with Crippen LogP contribution in [0.25, 0.3) is 21.7 Å². The largest absolute Gasteiger partial charge is 0.497 e. The van der Waals surface area contributed by atoms with E-state index in [1.807, 2.05) is 54.6 Å². The molecule has 0 unspecified atom stereocenters. The molecule has 8 heteroatoms. The van der Waals surface area contributed by atoms with Crippen molar-refractivity contribution in [2.45, 2.75) is 17.1 Å². The number of thioether (sulfide) groups is 1. The summed E-state index contributed by atoms with van der Waals surface area (Å²) in [5.41, 5.74) is 3.67. The third-order valence-electron chi connectivity index (χ3n) is 5.09. The Morgan fingerprint density at radius 2 is 1.59 bits per heavy atom. The normalized spacial score (nSPS) is 10.8. The summed E-state index contributed by atoms with van der Waals surface area (Å²) in [4.78, 5) is 17.9. The number of rotatable bonds is 9. The third-order valence-corrected chi connectivity index (χ3v) is 7.89. The van der Waals surface area contributed by atoms with Gasteiger partial charge in [0, 0.05) is 10.5 Å². The lowest BCUT2D eigenvalue weighted by Crippen LogP contribution is -1.99. The van der Waals surface area contributed by atoms with Crippen LogP contribution in [0.3, 0.4) is 0 Å². The smallest absolute Gasteiger partial charge is 0.307 e. The van der Waals surface area contributed by atoms with Gasteiger partial charge in [-0.3, -0.25) is 4.79 Å². The first-order chi connectivity index (χ1) is 16.5. The molecule has 0 amide bonds. The molecule has 1 heterocycles. The Bertz CT molecular complexity index is 1220. The van der Waals surface area contributed by atoms with E-state index >= 15 is 0 Å². The second-order valence-electron chi connectivity index (χ2n) is 7.37. The van der Waals surface area contributed by atoms with Crippen LogP contribution in [0, 0.1) is 0 Å². The van der Waals surface area contributed by atoms with Crippen molar-refractivity contribution in [2.24, 2.45) is 0 Å². The van der Waals surface area contributed by atoms with Crippen molar-refractivity contribution in [2.75, 3.05) is 14.2 Å². The van der Waals surface area contributed by atoms with Gasteiger partial charge < -0.3 is 14.6 Å². The van der Waals surface area contributed by atoms with Gasteiger partial charge in [-0.05, 0) is 71.8 Å². The molecule has 0 radical (unpaired) electrons. The van der Waals surface area contributed by atoms with Gasteiger partial charge in [0.15, 0.2) is 0 Å². The maximum atomic E-state index is 10.9. The Kier molecular flexibility index (Phi) is 7.77. The van der Waals surface area contributed by atoms with E-state index in [1.54, 1.807) is 49.5 Å². The molecule has 1 aromatic heterocycles. The van der Waals surface area contributed by atoms with E-state index in [-0.39, 0.29) is 6.42 Å². The highest BCUT2D eigenvalue weighted by atomic mass is 35.5. The van der Waals surface area contributed by atoms with E-state index in [2.05, 4.69) is 0 Å². The summed E-state index contributed by atoms with van der Waals surface area (Å²) in [6.45, 7) is 0. The Morgan fingerprint density at radius 1 is 0.971 bits per heavy atom. The van der Waals surface area contributed by atoms with E-state index in [4.69, 9.17) is 31.2 Å². The molecule has 0 atom stereocenters. The van der Waals surface area contributed by atoms with Crippen LogP contribution in [0.1, 0.15) is 10.6 Å². The molecule has 5 nitrogen and oxygen atoms in total. The minimum absolute atomic E-state index is 0.0480. The number of hydrogen-bond donors (Lipinski definition) is 1. The van der Waals surface area contributed by atoms with Gasteiger partial charge in [0.25, 0.3) is 0 Å². The Morgan fingerprint density at radius 3 is 2.15 bits per heavy atom. The Hall–Kier alpha value is -3.00. The van der Waals surface area contributed by atoms with Crippen LogP contribution in [0.4, 0.5) is 0 Å². The number of carboxylic acid groups (broad SMARTS) is 1. The van der Waals surface area contributed by atoms with Crippen LogP contribution in [0.15, 0.2) is 71.6 Å². The molecule has 4 aromatic rings. The zero-order chi connectivity index (χ0) is 24.1. The average molecular weight is 512 g/mol. The van der Waals surface area contributed by atoms with Gasteiger partial charge in [0.05, 0.1) is 42.0 Å². The predicted octanol–water partition coefficient (Wildman–Crippen LogP) is 7.07. The molecule has 0 bridgehead atoms. The molecule has 174 valence electrons. The van der Waals surface area contributed by atoms with E-state index in [1.165, 1.54) is 0 Å². The molecule has 3 aromatic carbocycles. The topological polar surface area (TPSA) is 68.7 Å². The number of carboxylic acids is 1. The van der Waals surface area contributed by atoms with E-state index in [0.29, 0.717) is 16.3 Å². The highest BCUT2D eigenvalue weighted by Gasteiger charge is 2.16. The molecular weight excluding hydrogens is 490 g/mol. The van der Waals surface area contributed by atoms with Crippen LogP contribution in [0.5, 0.6) is 11.5 Å². The lowest BCUT2D eigenvalue weighted by atomic mass is 10.1. The van der Waals surface area contributed by atoms with Gasteiger partial charge in [-0.25, -0.2) is 4.98 Å². The standard InChI is InChI=1S/C26H22ClNO4S2/c1-31-19-8-4-17(5-9-19)25-26(18-6-10-20(32-2)11-7-18)34-23(28-25)15-33-22-12-3-16(13-21(22)27)14-24(29)30/h3-13H,14-15H2,1-2H3,(H,29,30). The zero-order valence-electron chi connectivity index (χ0n) is 18.6. The van der Waals surface area contributed by atoms with Crippen LogP contribution < -0.4 is 9.47 Å². The van der Waals surface area contributed by atoms with Crippen molar-refractivity contribution < 1.29 is 19.4 Å². The highest BCUT2D eigenvalue weighted by molar-refractivity contribution is 7.98. The molecule has 0 fully saturated rings. The molecule has 34 heavy (non-hydrogen) atoms. The summed E-state index contributed by atoms with van der Waals surface area (Å²) in [5.74, 6) is 1.36. The third kappa shape index (κ3) is 5.73. The second-order valence-corrected chi connectivity index (χ2v) is 9.87. The summed E-state index contributed by atoms with van der Waals surface area (Å²) < 4.78 is 10.6. The van der Waals surface area contributed by atoms with Crippen LogP contribution in [-0.2, 0) is 17.0 Å². The Balaban J connectivity index is 1.62. The number of thiazole rings is 1. The number of benzene rings is 3. The Labute approximate surface area is 211 Å². The number of aliphatic carboxylic acids is 1. The fraction of sp³-hybridized carbons (Fsp3) is 0.154. The molecule has 1 N–H and O–H groups in total. The number of carbonyl (C=O) groups is 1. The number of ether oxygens (including phenoxy) is 2. The van der Waals surface area contributed by atoms with Crippen LogP contribution in [0.2, 0.25) is 5.02 Å². The average Bonchev–Trinajstić information content (AvgIpc) is 3.27. The summed E-state index contributed by atoms with van der Waals surface area (Å²) in [7, 11) is 3.30. The van der Waals surface area contributed by atoms with E-state index < -0.39 is 5.97 Å². The predicted molar refractivity (Wildman–Crippen MR) is 138 cm³/mol. The lowest BCUT2D eigenvalue weighted by Gasteiger charge is -2.05. The maximum absolute atomic E-state index is 10.9. The molecule has 4 rings (SSSR count). The van der Waals surface area contributed by atoms with E-state index in [0.717, 1.165) is 43.1 Å². The van der Waals surface area contributed by atoms with Crippen LogP contribution >= 0.6 is 34.7 Å². The maximum Gasteiger partial charge on any atom is 0.307 e. The number of nitrogens with zero attached hydrogens (tertiary/aromatic N) is 1. The minimum atomic E-state index is -0.878. The van der Waals surface area contributed by atoms with Gasteiger partial charge in [-0.2, -0.15) is 0 Å². The first-order valence-electron chi connectivity index (χ1n) is 10.4. The monoisotopic (exact) mass is 511 g/mol. The summed E-state index contributed by atoms with van der Waals surface area (Å²) >= 11 is 9.63. The molecule has 0 saturated carbocycles. The molecule has 0 spiro atoms. The first kappa shape index (κ1) is 24.1. The molecule has 0 saturated heterocycles. The number of halogens is 1. The van der Waals surface area contributed by atoms with Crippen molar-refractivity contribution in [1.82, 2.24) is 4.98 Å². The van der Waals surface area contributed by atoms with Gasteiger partial charge in [0.2, 0.25) is 0 Å². The fourth-order valence-corrected chi connectivity index (χ4v) is 5.76. The van der Waals surface area contributed by atoms with Gasteiger partial charge in [-0.15, -0.1) is 23.1 Å². The zero-order valence-corrected chi connectivity index (χ0v) is 21.0. The number of aromatic nitrogens is 1. The van der Waals surface area contributed by atoms with Crippen molar-refractivity contribution in [1.29, 1.82) is 0 Å². The van der Waals surface area contributed by atoms with Gasteiger partial charge in [-0.1, -0.05) is 17.7 Å². The summed E-state index contributed by atoms with van der Waals surface area (Å²) in [5, 5.41) is 10.5. The van der Waals surface area contributed by atoms with Gasteiger partial charge in [0.1, 0.15) is 16.5 Å². The number of methoxy groups -OCH3 is 2. The van der Waals surface area contributed by atoms with Crippen molar-refractivity contribution in [3.8, 4) is 33.2 Å².